The SMILES string of the molecule is O=C(C1=CC(c2coc3ccccc3c2=O)CC(OCCCCO)O1)N1CCC(N2CCCCC2)CC1. The number of nitrogens with zero attached hydrogens (tertiary/aromatic N) is 2. The molecular formula is C29H38N2O6. The predicted octanol–water partition coefficient (Wildman–Crippen LogP) is 3.77. The van der Waals surface area contributed by atoms with Crippen LogP contribution in [0.15, 0.2) is 51.6 Å². The molecule has 0 radical (unpaired) electrons. The van der Waals surface area contributed by atoms with Gasteiger partial charge in [-0.25, -0.2) is 0 Å². The van der Waals surface area contributed by atoms with Crippen LogP contribution in [0.1, 0.15) is 62.8 Å². The number of aliphatic hydroxyl groups is 1. The number of rotatable bonds is 8. The molecule has 1 aromatic carbocycles. The van der Waals surface area contributed by atoms with Gasteiger partial charge in [-0.1, -0.05) is 18.6 Å². The Labute approximate surface area is 217 Å². The topological polar surface area (TPSA) is 92.5 Å². The van der Waals surface area contributed by atoms with E-state index in [1.54, 1.807) is 18.2 Å². The van der Waals surface area contributed by atoms with Crippen molar-refractivity contribution in [2.75, 3.05) is 39.4 Å². The molecule has 2 unspecified atom stereocenters. The number of aliphatic hydroxyl groups excluding tert-OH is 1. The van der Waals surface area contributed by atoms with Crippen LogP contribution in [0.3, 0.4) is 0 Å². The molecule has 1 aromatic heterocycles. The number of benzene rings is 1. The maximum Gasteiger partial charge on any atom is 0.288 e. The summed E-state index contributed by atoms with van der Waals surface area (Å²) in [6, 6.07) is 7.73. The molecule has 1 N–H and O–H groups in total. The molecule has 200 valence electrons. The van der Waals surface area contributed by atoms with E-state index < -0.39 is 6.29 Å². The Morgan fingerprint density at radius 1 is 1.05 bits per heavy atom. The summed E-state index contributed by atoms with van der Waals surface area (Å²) in [4.78, 5) is 31.3. The summed E-state index contributed by atoms with van der Waals surface area (Å²) in [5.74, 6) is -0.259. The second-order valence-corrected chi connectivity index (χ2v) is 10.4. The zero-order valence-corrected chi connectivity index (χ0v) is 21.5. The van der Waals surface area contributed by atoms with Crippen LogP contribution in [0.2, 0.25) is 0 Å². The number of carbonyl (C=O) groups excluding carboxylic acids is 1. The van der Waals surface area contributed by atoms with Crippen molar-refractivity contribution in [1.82, 2.24) is 9.80 Å². The number of hydrogen-bond donors (Lipinski definition) is 1. The Hall–Kier alpha value is -2.68. The van der Waals surface area contributed by atoms with Gasteiger partial charge in [0.25, 0.3) is 5.91 Å². The Kier molecular flexibility index (Phi) is 8.59. The third kappa shape index (κ3) is 6.08. The number of likely N-dealkylation sites (tertiary alicyclic amines) is 2. The van der Waals surface area contributed by atoms with Crippen molar-refractivity contribution in [1.29, 1.82) is 0 Å². The molecular weight excluding hydrogens is 472 g/mol. The lowest BCUT2D eigenvalue weighted by molar-refractivity contribution is -0.154. The normalized spacial score (nSPS) is 23.6. The average molecular weight is 511 g/mol. The summed E-state index contributed by atoms with van der Waals surface area (Å²) in [5.41, 5.74) is 0.940. The number of carbonyl (C=O) groups is 1. The quantitative estimate of drug-likeness (QED) is 0.541. The van der Waals surface area contributed by atoms with Crippen LogP contribution in [0.5, 0.6) is 0 Å². The van der Waals surface area contributed by atoms with Gasteiger partial charge in [0, 0.05) is 43.6 Å². The number of fused-ring (bicyclic) bond motifs is 1. The van der Waals surface area contributed by atoms with Crippen LogP contribution in [0.25, 0.3) is 11.0 Å². The number of allylic oxidation sites excluding steroid dienone is 1. The highest BCUT2D eigenvalue weighted by Gasteiger charge is 2.34. The second kappa shape index (κ2) is 12.2. The number of amides is 1. The number of unbranched alkanes of at least 4 members (excludes halogenated alkanes) is 1. The highest BCUT2D eigenvalue weighted by Crippen LogP contribution is 2.32. The molecule has 0 spiro atoms. The largest absolute Gasteiger partial charge is 0.464 e. The van der Waals surface area contributed by atoms with Crippen LogP contribution < -0.4 is 5.43 Å². The molecule has 1 amide bonds. The molecule has 2 saturated heterocycles. The molecule has 2 aromatic rings. The minimum atomic E-state index is -0.649. The van der Waals surface area contributed by atoms with E-state index in [4.69, 9.17) is 19.0 Å². The van der Waals surface area contributed by atoms with E-state index in [1.807, 2.05) is 17.0 Å². The molecule has 37 heavy (non-hydrogen) atoms. The van der Waals surface area contributed by atoms with Crippen LogP contribution >= 0.6 is 0 Å². The Bertz CT molecular complexity index is 1150. The molecule has 2 fully saturated rings. The average Bonchev–Trinajstić information content (AvgIpc) is 2.96. The van der Waals surface area contributed by atoms with Gasteiger partial charge in [0.1, 0.15) is 5.58 Å². The van der Waals surface area contributed by atoms with Crippen molar-refractivity contribution in [2.45, 2.75) is 69.6 Å². The molecule has 0 aliphatic carbocycles. The maximum atomic E-state index is 13.6. The Balaban J connectivity index is 1.33. The summed E-state index contributed by atoms with van der Waals surface area (Å²) in [6.45, 7) is 4.24. The van der Waals surface area contributed by atoms with Crippen molar-refractivity contribution in [3.8, 4) is 0 Å². The zero-order valence-electron chi connectivity index (χ0n) is 21.5. The van der Waals surface area contributed by atoms with E-state index in [2.05, 4.69) is 4.90 Å². The van der Waals surface area contributed by atoms with E-state index in [-0.39, 0.29) is 29.6 Å². The lowest BCUT2D eigenvalue weighted by Gasteiger charge is -2.40. The minimum absolute atomic E-state index is 0.0989. The first kappa shape index (κ1) is 25.9. The van der Waals surface area contributed by atoms with Gasteiger partial charge in [-0.2, -0.15) is 0 Å². The first-order valence-corrected chi connectivity index (χ1v) is 13.8. The van der Waals surface area contributed by atoms with Gasteiger partial charge < -0.3 is 28.8 Å². The fourth-order valence-electron chi connectivity index (χ4n) is 5.78. The summed E-state index contributed by atoms with van der Waals surface area (Å²) < 4.78 is 17.8. The van der Waals surface area contributed by atoms with Crippen molar-refractivity contribution >= 4 is 16.9 Å². The minimum Gasteiger partial charge on any atom is -0.464 e. The highest BCUT2D eigenvalue weighted by atomic mass is 16.7. The lowest BCUT2D eigenvalue weighted by Crippen LogP contribution is -2.49. The fourth-order valence-corrected chi connectivity index (χ4v) is 5.78. The summed E-state index contributed by atoms with van der Waals surface area (Å²) in [7, 11) is 0. The molecule has 5 rings (SSSR count). The van der Waals surface area contributed by atoms with Crippen LogP contribution in [0, 0.1) is 0 Å². The summed E-state index contributed by atoms with van der Waals surface area (Å²) >= 11 is 0. The van der Waals surface area contributed by atoms with Crippen molar-refractivity contribution in [2.24, 2.45) is 0 Å². The maximum absolute atomic E-state index is 13.6. The van der Waals surface area contributed by atoms with Gasteiger partial charge >= 0.3 is 0 Å². The van der Waals surface area contributed by atoms with Crippen LogP contribution in [0.4, 0.5) is 0 Å². The summed E-state index contributed by atoms with van der Waals surface area (Å²) in [6.07, 6.45) is 10.2. The van der Waals surface area contributed by atoms with E-state index in [0.717, 1.165) is 25.9 Å². The lowest BCUT2D eigenvalue weighted by atomic mass is 9.93. The molecule has 0 saturated carbocycles. The van der Waals surface area contributed by atoms with E-state index in [0.29, 0.717) is 61.5 Å². The zero-order chi connectivity index (χ0) is 25.6. The molecule has 3 aliphatic rings. The second-order valence-electron chi connectivity index (χ2n) is 10.4. The first-order valence-electron chi connectivity index (χ1n) is 13.8. The van der Waals surface area contributed by atoms with E-state index in [9.17, 15) is 9.59 Å². The highest BCUT2D eigenvalue weighted by molar-refractivity contribution is 5.92. The standard InChI is InChI=1S/C29H38N2O6/c32-16-6-7-17-35-27-19-21(24-20-36-25-9-3-2-8-23(25)28(24)33)18-26(37-27)29(34)31-14-10-22(11-15-31)30-12-4-1-5-13-30/h2-3,8-9,18,20-22,27,32H,1,4-7,10-17,19H2. The van der Waals surface area contributed by atoms with Gasteiger partial charge in [-0.05, 0) is 69.8 Å². The molecule has 8 nitrogen and oxygen atoms in total. The molecule has 3 aliphatic heterocycles. The fraction of sp³-hybridized carbons (Fsp3) is 0.586. The van der Waals surface area contributed by atoms with Gasteiger partial charge in [0.05, 0.1) is 18.3 Å². The number of hydrogen-bond acceptors (Lipinski definition) is 7. The third-order valence-electron chi connectivity index (χ3n) is 7.89. The van der Waals surface area contributed by atoms with Crippen LogP contribution in [-0.4, -0.2) is 72.5 Å². The van der Waals surface area contributed by atoms with Crippen molar-refractivity contribution in [3.63, 3.8) is 0 Å². The van der Waals surface area contributed by atoms with E-state index in [1.165, 1.54) is 25.5 Å². The first-order chi connectivity index (χ1) is 18.1. The Morgan fingerprint density at radius 2 is 1.84 bits per heavy atom. The smallest absolute Gasteiger partial charge is 0.288 e. The number of para-hydroxylation sites is 1. The van der Waals surface area contributed by atoms with Gasteiger partial charge in [-0.15, -0.1) is 0 Å². The molecule has 8 heteroatoms. The van der Waals surface area contributed by atoms with Crippen molar-refractivity contribution < 1.29 is 23.8 Å². The predicted molar refractivity (Wildman–Crippen MR) is 140 cm³/mol. The monoisotopic (exact) mass is 510 g/mol. The van der Waals surface area contributed by atoms with E-state index >= 15 is 0 Å². The summed E-state index contributed by atoms with van der Waals surface area (Å²) in [5, 5.41) is 9.60. The van der Waals surface area contributed by atoms with Gasteiger partial charge in [-0.3, -0.25) is 9.59 Å². The third-order valence-corrected chi connectivity index (χ3v) is 7.89. The molecule has 0 bridgehead atoms. The Morgan fingerprint density at radius 3 is 2.62 bits per heavy atom. The molecule has 2 atom stereocenters. The molecule has 4 heterocycles. The van der Waals surface area contributed by atoms with Gasteiger partial charge in [0.15, 0.2) is 11.2 Å². The number of ether oxygens (including phenoxy) is 2. The van der Waals surface area contributed by atoms with Gasteiger partial charge in [0.2, 0.25) is 6.29 Å². The number of piperidine rings is 2. The van der Waals surface area contributed by atoms with Crippen molar-refractivity contribution in [3.05, 3.63) is 58.2 Å². The van der Waals surface area contributed by atoms with Crippen LogP contribution in [-0.2, 0) is 14.3 Å².